The van der Waals surface area contributed by atoms with Crippen molar-refractivity contribution in [2.45, 2.75) is 73.9 Å². The quantitative estimate of drug-likeness (QED) is 0.284. The highest BCUT2D eigenvalue weighted by Crippen LogP contribution is 2.67. The summed E-state index contributed by atoms with van der Waals surface area (Å²) >= 11 is 15.4. The molecule has 4 heteroatoms. The SMILES string of the molecule is BrCCCC1(CCCBr)C2CC(Br)CCC2C2CCC(Br)CC21. The lowest BCUT2D eigenvalue weighted by molar-refractivity contribution is 0.0603. The molecule has 3 aliphatic carbocycles. The van der Waals surface area contributed by atoms with Crippen LogP contribution in [0.4, 0.5) is 0 Å². The molecule has 0 aromatic rings. The Bertz CT molecular complexity index is 350. The first kappa shape index (κ1) is 19.7. The number of hydrogen-bond donors (Lipinski definition) is 0. The molecule has 0 N–H and O–H groups in total. The second-order valence-electron chi connectivity index (χ2n) is 8.18. The second-order valence-corrected chi connectivity index (χ2v) is 12.4. The molecule has 0 aromatic carbocycles. The van der Waals surface area contributed by atoms with Crippen LogP contribution in [0.15, 0.2) is 0 Å². The van der Waals surface area contributed by atoms with Crippen molar-refractivity contribution < 1.29 is 0 Å². The molecule has 23 heavy (non-hydrogen) atoms. The molecule has 0 aromatic heterocycles. The molecule has 0 radical (unpaired) electrons. The van der Waals surface area contributed by atoms with Gasteiger partial charge in [-0.2, -0.15) is 0 Å². The fourth-order valence-electron chi connectivity index (χ4n) is 6.57. The number of halogens is 4. The highest BCUT2D eigenvalue weighted by molar-refractivity contribution is 9.10. The van der Waals surface area contributed by atoms with Crippen molar-refractivity contribution in [1.29, 1.82) is 0 Å². The molecular weight excluding hydrogens is 548 g/mol. The molecule has 3 aliphatic rings. The summed E-state index contributed by atoms with van der Waals surface area (Å²) in [6.45, 7) is 0. The highest BCUT2D eigenvalue weighted by atomic mass is 79.9. The summed E-state index contributed by atoms with van der Waals surface area (Å²) in [6, 6.07) is 0. The van der Waals surface area contributed by atoms with Crippen LogP contribution in [0.3, 0.4) is 0 Å². The minimum atomic E-state index is 0.621. The van der Waals surface area contributed by atoms with Gasteiger partial charge in [-0.1, -0.05) is 63.7 Å². The van der Waals surface area contributed by atoms with Gasteiger partial charge in [-0.25, -0.2) is 0 Å². The highest BCUT2D eigenvalue weighted by Gasteiger charge is 2.60. The molecule has 0 spiro atoms. The van der Waals surface area contributed by atoms with Gasteiger partial charge in [0, 0.05) is 20.3 Å². The summed E-state index contributed by atoms with van der Waals surface area (Å²) < 4.78 is 0. The van der Waals surface area contributed by atoms with E-state index in [1.807, 2.05) is 0 Å². The Hall–Kier alpha value is 1.92. The third kappa shape index (κ3) is 3.95. The molecule has 0 bridgehead atoms. The van der Waals surface area contributed by atoms with Crippen LogP contribution in [0.25, 0.3) is 0 Å². The fraction of sp³-hybridized carbons (Fsp3) is 1.00. The zero-order chi connectivity index (χ0) is 16.4. The number of fused-ring (bicyclic) bond motifs is 3. The molecule has 0 nitrogen and oxygen atoms in total. The predicted molar refractivity (Wildman–Crippen MR) is 116 cm³/mol. The van der Waals surface area contributed by atoms with Crippen molar-refractivity contribution in [1.82, 2.24) is 0 Å². The van der Waals surface area contributed by atoms with Gasteiger partial charge in [0.15, 0.2) is 0 Å². The average Bonchev–Trinajstić information content (AvgIpc) is 2.80. The lowest BCUT2D eigenvalue weighted by Gasteiger charge is -2.45. The van der Waals surface area contributed by atoms with E-state index in [4.69, 9.17) is 0 Å². The first-order chi connectivity index (χ1) is 11.1. The summed E-state index contributed by atoms with van der Waals surface area (Å²) in [4.78, 5) is 1.55. The Morgan fingerprint density at radius 3 is 1.52 bits per heavy atom. The maximum atomic E-state index is 4.00. The van der Waals surface area contributed by atoms with Gasteiger partial charge < -0.3 is 0 Å². The summed E-state index contributed by atoms with van der Waals surface area (Å²) in [6.07, 6.45) is 14.3. The fourth-order valence-corrected chi connectivity index (χ4v) is 8.46. The van der Waals surface area contributed by atoms with Crippen LogP contribution in [0, 0.1) is 29.1 Å². The number of rotatable bonds is 6. The Morgan fingerprint density at radius 1 is 0.696 bits per heavy atom. The minimum absolute atomic E-state index is 0.621. The first-order valence-corrected chi connectivity index (χ1v) is 13.6. The summed E-state index contributed by atoms with van der Waals surface area (Å²) in [7, 11) is 0. The van der Waals surface area contributed by atoms with Crippen molar-refractivity contribution in [2.75, 3.05) is 10.7 Å². The molecule has 3 saturated carbocycles. The topological polar surface area (TPSA) is 0 Å². The van der Waals surface area contributed by atoms with Crippen LogP contribution in [0.1, 0.15) is 64.2 Å². The van der Waals surface area contributed by atoms with Crippen LogP contribution in [0.5, 0.6) is 0 Å². The van der Waals surface area contributed by atoms with Crippen molar-refractivity contribution in [3.05, 3.63) is 0 Å². The zero-order valence-corrected chi connectivity index (χ0v) is 20.3. The van der Waals surface area contributed by atoms with Crippen molar-refractivity contribution in [3.63, 3.8) is 0 Å². The van der Waals surface area contributed by atoms with Crippen LogP contribution in [0.2, 0.25) is 0 Å². The standard InChI is InChI=1S/C19H30Br4/c20-9-1-7-19(8-2-10-21)17-11-13(22)3-5-15(17)16-6-4-14(23)12-18(16)19/h13-18H,1-12H2. The monoisotopic (exact) mass is 574 g/mol. The van der Waals surface area contributed by atoms with Crippen LogP contribution >= 0.6 is 63.7 Å². The van der Waals surface area contributed by atoms with E-state index in [1.54, 1.807) is 0 Å². The maximum Gasteiger partial charge on any atom is 0.0148 e. The minimum Gasteiger partial charge on any atom is -0.0928 e. The summed E-state index contributed by atoms with van der Waals surface area (Å²) in [5.74, 6) is 4.01. The Labute approximate surface area is 176 Å². The molecule has 3 fully saturated rings. The zero-order valence-electron chi connectivity index (χ0n) is 14.0. The van der Waals surface area contributed by atoms with Crippen LogP contribution < -0.4 is 0 Å². The predicted octanol–water partition coefficient (Wildman–Crippen LogP) is 7.70. The third-order valence-electron chi connectivity index (χ3n) is 7.26. The average molecular weight is 578 g/mol. The molecular formula is C19H30Br4. The lowest BCUT2D eigenvalue weighted by Crippen LogP contribution is -2.38. The molecule has 0 heterocycles. The third-order valence-corrected chi connectivity index (χ3v) is 10.0. The largest absolute Gasteiger partial charge is 0.0928 e. The summed E-state index contributed by atoms with van der Waals surface area (Å²) in [5, 5.41) is 2.35. The van der Waals surface area contributed by atoms with Crippen molar-refractivity contribution >= 4 is 63.7 Å². The van der Waals surface area contributed by atoms with Gasteiger partial charge in [0.2, 0.25) is 0 Å². The molecule has 0 saturated heterocycles. The normalized spacial score (nSPS) is 42.3. The molecule has 0 amide bonds. The van der Waals surface area contributed by atoms with Gasteiger partial charge in [-0.3, -0.25) is 0 Å². The van der Waals surface area contributed by atoms with Gasteiger partial charge in [0.05, 0.1) is 0 Å². The molecule has 6 atom stereocenters. The Morgan fingerprint density at radius 2 is 1.13 bits per heavy atom. The van der Waals surface area contributed by atoms with E-state index in [0.29, 0.717) is 5.41 Å². The van der Waals surface area contributed by atoms with Gasteiger partial charge >= 0.3 is 0 Å². The van der Waals surface area contributed by atoms with E-state index >= 15 is 0 Å². The lowest BCUT2D eigenvalue weighted by atomic mass is 9.61. The van der Waals surface area contributed by atoms with Crippen LogP contribution in [-0.4, -0.2) is 20.3 Å². The Kier molecular flexibility index (Phi) is 7.48. The second kappa shape index (κ2) is 8.74. The van der Waals surface area contributed by atoms with Crippen molar-refractivity contribution in [2.24, 2.45) is 29.1 Å². The van der Waals surface area contributed by atoms with Crippen molar-refractivity contribution in [3.8, 4) is 0 Å². The molecule has 3 rings (SSSR count). The smallest absolute Gasteiger partial charge is 0.0148 e. The van der Waals surface area contributed by atoms with Gasteiger partial charge in [-0.15, -0.1) is 0 Å². The maximum absolute atomic E-state index is 4.00. The van der Waals surface area contributed by atoms with Gasteiger partial charge in [0.1, 0.15) is 0 Å². The molecule has 6 unspecified atom stereocenters. The van der Waals surface area contributed by atoms with Crippen LogP contribution in [-0.2, 0) is 0 Å². The molecule has 134 valence electrons. The summed E-state index contributed by atoms with van der Waals surface area (Å²) in [5.41, 5.74) is 0.621. The van der Waals surface area contributed by atoms with Gasteiger partial charge in [0.25, 0.3) is 0 Å². The van der Waals surface area contributed by atoms with E-state index in [1.165, 1.54) is 74.9 Å². The Balaban J connectivity index is 1.92. The van der Waals surface area contributed by atoms with E-state index in [-0.39, 0.29) is 0 Å². The van der Waals surface area contributed by atoms with E-state index in [9.17, 15) is 0 Å². The van der Waals surface area contributed by atoms with E-state index in [0.717, 1.165) is 33.3 Å². The first-order valence-electron chi connectivity index (χ1n) is 9.52. The van der Waals surface area contributed by atoms with E-state index < -0.39 is 0 Å². The number of alkyl halides is 4. The molecule has 0 aliphatic heterocycles. The van der Waals surface area contributed by atoms with E-state index in [2.05, 4.69) is 63.7 Å². The van der Waals surface area contributed by atoms with Gasteiger partial charge in [-0.05, 0) is 93.3 Å². The number of hydrogen-bond acceptors (Lipinski definition) is 0.